The lowest BCUT2D eigenvalue weighted by Crippen LogP contribution is -2.51. The molecule has 0 radical (unpaired) electrons. The van der Waals surface area contributed by atoms with E-state index in [2.05, 4.69) is 5.32 Å². The molecular weight excluding hydrogens is 270 g/mol. The third kappa shape index (κ3) is 4.33. The number of rotatable bonds is 4. The third-order valence-electron chi connectivity index (χ3n) is 4.29. The van der Waals surface area contributed by atoms with Crippen molar-refractivity contribution in [1.82, 2.24) is 15.1 Å². The fraction of sp³-hybridized carbons (Fsp3) is 0.867. The molecule has 0 aliphatic carbocycles. The molecule has 6 heteroatoms. The largest absolute Gasteiger partial charge is 0.450 e. The van der Waals surface area contributed by atoms with Crippen molar-refractivity contribution in [3.8, 4) is 0 Å². The van der Waals surface area contributed by atoms with Gasteiger partial charge in [0.05, 0.1) is 12.6 Å². The van der Waals surface area contributed by atoms with Crippen molar-refractivity contribution in [2.75, 3.05) is 32.8 Å². The van der Waals surface area contributed by atoms with Crippen LogP contribution in [0.3, 0.4) is 0 Å². The van der Waals surface area contributed by atoms with Crippen LogP contribution in [-0.2, 0) is 9.53 Å². The lowest BCUT2D eigenvalue weighted by Gasteiger charge is -2.33. The molecule has 2 heterocycles. The van der Waals surface area contributed by atoms with Gasteiger partial charge in [0, 0.05) is 32.2 Å². The Morgan fingerprint density at radius 1 is 1.14 bits per heavy atom. The molecule has 2 aliphatic rings. The average molecular weight is 297 g/mol. The number of nitrogens with zero attached hydrogens (tertiary/aromatic N) is 2. The van der Waals surface area contributed by atoms with Gasteiger partial charge in [-0.2, -0.15) is 0 Å². The van der Waals surface area contributed by atoms with Crippen LogP contribution in [0.15, 0.2) is 0 Å². The maximum absolute atomic E-state index is 12.3. The second-order valence-electron chi connectivity index (χ2n) is 5.88. The molecule has 2 fully saturated rings. The molecule has 2 rings (SSSR count). The minimum Gasteiger partial charge on any atom is -0.450 e. The first-order valence-electron chi connectivity index (χ1n) is 8.08. The van der Waals surface area contributed by atoms with Gasteiger partial charge in [-0.05, 0) is 39.5 Å². The summed E-state index contributed by atoms with van der Waals surface area (Å²) in [5.41, 5.74) is 0. The molecular formula is C15H27N3O3. The van der Waals surface area contributed by atoms with E-state index < -0.39 is 0 Å². The number of ether oxygens (including phenoxy) is 1. The SMILES string of the molecule is CCOC(=O)N1CCC(NC(C)C(=O)N2CCCC2)CC1. The molecule has 0 aromatic rings. The fourth-order valence-electron chi connectivity index (χ4n) is 3.08. The number of piperidine rings is 1. The molecule has 0 bridgehead atoms. The molecule has 1 unspecified atom stereocenters. The zero-order valence-corrected chi connectivity index (χ0v) is 13.1. The monoisotopic (exact) mass is 297 g/mol. The van der Waals surface area contributed by atoms with Gasteiger partial charge in [-0.3, -0.25) is 4.79 Å². The van der Waals surface area contributed by atoms with Crippen LogP contribution < -0.4 is 5.32 Å². The van der Waals surface area contributed by atoms with E-state index in [1.165, 1.54) is 0 Å². The van der Waals surface area contributed by atoms with Gasteiger partial charge in [-0.25, -0.2) is 4.79 Å². The number of carbonyl (C=O) groups is 2. The minimum absolute atomic E-state index is 0.137. The number of hydrogen-bond donors (Lipinski definition) is 1. The highest BCUT2D eigenvalue weighted by Crippen LogP contribution is 2.14. The Morgan fingerprint density at radius 3 is 2.33 bits per heavy atom. The predicted octanol–water partition coefficient (Wildman–Crippen LogP) is 1.21. The minimum atomic E-state index is -0.225. The third-order valence-corrected chi connectivity index (χ3v) is 4.29. The number of likely N-dealkylation sites (tertiary alicyclic amines) is 2. The van der Waals surface area contributed by atoms with E-state index in [0.29, 0.717) is 25.7 Å². The number of amides is 2. The molecule has 0 saturated carbocycles. The Balaban J connectivity index is 1.72. The lowest BCUT2D eigenvalue weighted by atomic mass is 10.0. The summed E-state index contributed by atoms with van der Waals surface area (Å²) in [5.74, 6) is 0.209. The molecule has 1 N–H and O–H groups in total. The number of nitrogens with one attached hydrogen (secondary N) is 1. The van der Waals surface area contributed by atoms with E-state index in [9.17, 15) is 9.59 Å². The summed E-state index contributed by atoms with van der Waals surface area (Å²) >= 11 is 0. The molecule has 2 aliphatic heterocycles. The van der Waals surface area contributed by atoms with Crippen LogP contribution in [-0.4, -0.2) is 66.7 Å². The predicted molar refractivity (Wildman–Crippen MR) is 80.0 cm³/mol. The van der Waals surface area contributed by atoms with Gasteiger partial charge >= 0.3 is 6.09 Å². The zero-order chi connectivity index (χ0) is 15.2. The highest BCUT2D eigenvalue weighted by Gasteiger charge is 2.28. The van der Waals surface area contributed by atoms with Gasteiger partial charge in [0.25, 0.3) is 0 Å². The van der Waals surface area contributed by atoms with Crippen LogP contribution in [0.4, 0.5) is 4.79 Å². The summed E-state index contributed by atoms with van der Waals surface area (Å²) in [4.78, 5) is 27.6. The van der Waals surface area contributed by atoms with Crippen molar-refractivity contribution < 1.29 is 14.3 Å². The van der Waals surface area contributed by atoms with Crippen LogP contribution in [0.2, 0.25) is 0 Å². The first-order chi connectivity index (χ1) is 10.1. The topological polar surface area (TPSA) is 61.9 Å². The zero-order valence-electron chi connectivity index (χ0n) is 13.1. The molecule has 21 heavy (non-hydrogen) atoms. The Morgan fingerprint density at radius 2 is 1.76 bits per heavy atom. The molecule has 2 amide bonds. The van der Waals surface area contributed by atoms with E-state index in [4.69, 9.17) is 4.74 Å². The lowest BCUT2D eigenvalue weighted by molar-refractivity contribution is -0.132. The van der Waals surface area contributed by atoms with Gasteiger partial charge in [0.2, 0.25) is 5.91 Å². The van der Waals surface area contributed by atoms with Crippen LogP contribution in [0, 0.1) is 0 Å². The summed E-state index contributed by atoms with van der Waals surface area (Å²) in [7, 11) is 0. The van der Waals surface area contributed by atoms with Crippen molar-refractivity contribution >= 4 is 12.0 Å². The number of hydrogen-bond acceptors (Lipinski definition) is 4. The smallest absolute Gasteiger partial charge is 0.409 e. The highest BCUT2D eigenvalue weighted by molar-refractivity contribution is 5.81. The van der Waals surface area contributed by atoms with Gasteiger partial charge in [-0.15, -0.1) is 0 Å². The first kappa shape index (κ1) is 16.1. The Hall–Kier alpha value is -1.30. The second kappa shape index (κ2) is 7.64. The summed E-state index contributed by atoms with van der Waals surface area (Å²) in [6.07, 6.45) is 3.76. The van der Waals surface area contributed by atoms with E-state index in [0.717, 1.165) is 38.8 Å². The Kier molecular flexibility index (Phi) is 5.85. The van der Waals surface area contributed by atoms with Crippen LogP contribution >= 0.6 is 0 Å². The van der Waals surface area contributed by atoms with Gasteiger partial charge < -0.3 is 19.9 Å². The van der Waals surface area contributed by atoms with E-state index >= 15 is 0 Å². The maximum Gasteiger partial charge on any atom is 0.409 e. The van der Waals surface area contributed by atoms with E-state index in [1.54, 1.807) is 4.90 Å². The van der Waals surface area contributed by atoms with Crippen LogP contribution in [0.1, 0.15) is 39.5 Å². The number of carbonyl (C=O) groups excluding carboxylic acids is 2. The van der Waals surface area contributed by atoms with Crippen molar-refractivity contribution in [1.29, 1.82) is 0 Å². The first-order valence-corrected chi connectivity index (χ1v) is 8.08. The second-order valence-corrected chi connectivity index (χ2v) is 5.88. The van der Waals surface area contributed by atoms with Crippen molar-refractivity contribution in [3.05, 3.63) is 0 Å². The molecule has 120 valence electrons. The van der Waals surface area contributed by atoms with Gasteiger partial charge in [0.15, 0.2) is 0 Å². The molecule has 0 aromatic heterocycles. The normalized spacial score (nSPS) is 21.4. The Labute approximate surface area is 126 Å². The fourth-order valence-corrected chi connectivity index (χ4v) is 3.08. The quantitative estimate of drug-likeness (QED) is 0.847. The molecule has 0 spiro atoms. The standard InChI is InChI=1S/C15H27N3O3/c1-3-21-15(20)18-10-6-13(7-11-18)16-12(2)14(19)17-8-4-5-9-17/h12-13,16H,3-11H2,1-2H3. The highest BCUT2D eigenvalue weighted by atomic mass is 16.6. The van der Waals surface area contributed by atoms with Gasteiger partial charge in [0.1, 0.15) is 0 Å². The summed E-state index contributed by atoms with van der Waals surface area (Å²) in [5, 5.41) is 3.42. The molecule has 0 aromatic carbocycles. The molecule has 6 nitrogen and oxygen atoms in total. The van der Waals surface area contributed by atoms with Crippen LogP contribution in [0.5, 0.6) is 0 Å². The van der Waals surface area contributed by atoms with E-state index in [1.807, 2.05) is 18.7 Å². The van der Waals surface area contributed by atoms with Crippen molar-refractivity contribution in [3.63, 3.8) is 0 Å². The Bertz CT molecular complexity index is 361. The van der Waals surface area contributed by atoms with Crippen molar-refractivity contribution in [2.24, 2.45) is 0 Å². The van der Waals surface area contributed by atoms with Crippen LogP contribution in [0.25, 0.3) is 0 Å². The molecule has 1 atom stereocenters. The maximum atomic E-state index is 12.3. The van der Waals surface area contributed by atoms with E-state index in [-0.39, 0.29) is 18.0 Å². The van der Waals surface area contributed by atoms with Crippen molar-refractivity contribution in [2.45, 2.75) is 51.6 Å². The summed E-state index contributed by atoms with van der Waals surface area (Å²) < 4.78 is 5.01. The van der Waals surface area contributed by atoms with Gasteiger partial charge in [-0.1, -0.05) is 0 Å². The summed E-state index contributed by atoms with van der Waals surface area (Å²) in [6, 6.07) is 0.166. The summed E-state index contributed by atoms with van der Waals surface area (Å²) in [6.45, 7) is 7.36. The molecule has 2 saturated heterocycles. The average Bonchev–Trinajstić information content (AvgIpc) is 3.01.